The number of aryl methyl sites for hydroxylation is 2. The summed E-state index contributed by atoms with van der Waals surface area (Å²) < 4.78 is 7.32. The van der Waals surface area contributed by atoms with E-state index in [2.05, 4.69) is 46.0 Å². The Bertz CT molecular complexity index is 643. The van der Waals surface area contributed by atoms with Crippen molar-refractivity contribution in [2.24, 2.45) is 0 Å². The summed E-state index contributed by atoms with van der Waals surface area (Å²) in [4.78, 5) is 10.5. The Morgan fingerprint density at radius 1 is 1.29 bits per heavy atom. The quantitative estimate of drug-likeness (QED) is 0.354. The van der Waals surface area contributed by atoms with Gasteiger partial charge in [0.25, 0.3) is 0 Å². The number of hydrogen-bond acceptors (Lipinski definition) is 5. The van der Waals surface area contributed by atoms with E-state index in [0.717, 1.165) is 48.8 Å². The maximum atomic E-state index is 10.5. The molecule has 0 bridgehead atoms. The third-order valence-corrected chi connectivity index (χ3v) is 4.73. The van der Waals surface area contributed by atoms with E-state index in [4.69, 9.17) is 4.74 Å². The maximum Gasteiger partial charge on any atom is 0.191 e. The van der Waals surface area contributed by atoms with Gasteiger partial charge in [0.15, 0.2) is 5.16 Å². The summed E-state index contributed by atoms with van der Waals surface area (Å²) in [6, 6.07) is 8.52. The van der Waals surface area contributed by atoms with Gasteiger partial charge in [0, 0.05) is 38.9 Å². The minimum Gasteiger partial charge on any atom is -0.385 e. The van der Waals surface area contributed by atoms with Gasteiger partial charge in [-0.2, -0.15) is 0 Å². The summed E-state index contributed by atoms with van der Waals surface area (Å²) in [6.45, 7) is 3.66. The van der Waals surface area contributed by atoms with E-state index in [1.807, 2.05) is 0 Å². The molecule has 1 aromatic carbocycles. The van der Waals surface area contributed by atoms with E-state index in [0.29, 0.717) is 13.0 Å². The molecule has 0 fully saturated rings. The average molecular weight is 347 g/mol. The monoisotopic (exact) mass is 347 g/mol. The largest absolute Gasteiger partial charge is 0.385 e. The van der Waals surface area contributed by atoms with Crippen molar-refractivity contribution in [2.45, 2.75) is 50.1 Å². The molecule has 0 aliphatic heterocycles. The van der Waals surface area contributed by atoms with Crippen LogP contribution in [0, 0.1) is 6.92 Å². The lowest BCUT2D eigenvalue weighted by atomic mass is 10.2. The molecule has 0 spiro atoms. The first kappa shape index (κ1) is 18.7. The Hall–Kier alpha value is -1.66. The topological polar surface area (TPSA) is 57.0 Å². The van der Waals surface area contributed by atoms with Gasteiger partial charge in [-0.1, -0.05) is 41.6 Å². The molecule has 2 aromatic rings. The summed E-state index contributed by atoms with van der Waals surface area (Å²) >= 11 is 1.71. The number of aromatic nitrogens is 3. The molecule has 0 aliphatic rings. The first-order valence-electron chi connectivity index (χ1n) is 8.27. The van der Waals surface area contributed by atoms with Crippen LogP contribution >= 0.6 is 11.8 Å². The second-order valence-electron chi connectivity index (χ2n) is 5.73. The highest BCUT2D eigenvalue weighted by molar-refractivity contribution is 7.98. The van der Waals surface area contributed by atoms with E-state index in [1.165, 1.54) is 11.1 Å². The van der Waals surface area contributed by atoms with Gasteiger partial charge in [-0.25, -0.2) is 0 Å². The smallest absolute Gasteiger partial charge is 0.191 e. The van der Waals surface area contributed by atoms with E-state index in [-0.39, 0.29) is 0 Å². The molecule has 24 heavy (non-hydrogen) atoms. The Morgan fingerprint density at radius 2 is 2.17 bits per heavy atom. The van der Waals surface area contributed by atoms with E-state index in [1.54, 1.807) is 18.9 Å². The summed E-state index contributed by atoms with van der Waals surface area (Å²) in [6.07, 6.45) is 4.04. The molecule has 0 N–H and O–H groups in total. The van der Waals surface area contributed by atoms with Gasteiger partial charge < -0.3 is 14.1 Å². The minimum atomic E-state index is 0.566. The zero-order valence-corrected chi connectivity index (χ0v) is 15.2. The normalized spacial score (nSPS) is 10.9. The van der Waals surface area contributed by atoms with Crippen LogP contribution in [0.2, 0.25) is 0 Å². The fraction of sp³-hybridized carbons (Fsp3) is 0.500. The molecular weight excluding hydrogens is 322 g/mol. The van der Waals surface area contributed by atoms with E-state index in [9.17, 15) is 4.79 Å². The average Bonchev–Trinajstić information content (AvgIpc) is 2.96. The number of benzene rings is 1. The van der Waals surface area contributed by atoms with Crippen molar-refractivity contribution in [3.63, 3.8) is 0 Å². The lowest BCUT2D eigenvalue weighted by Crippen LogP contribution is -2.08. The van der Waals surface area contributed by atoms with Gasteiger partial charge in [-0.3, -0.25) is 0 Å². The van der Waals surface area contributed by atoms with E-state index < -0.39 is 0 Å². The molecule has 0 atom stereocenters. The number of nitrogens with zero attached hydrogens (tertiary/aromatic N) is 3. The predicted octanol–water partition coefficient (Wildman–Crippen LogP) is 3.44. The number of unbranched alkanes of at least 4 members (excludes halogenated alkanes) is 1. The number of carbonyl (C=O) groups is 1. The summed E-state index contributed by atoms with van der Waals surface area (Å²) in [5, 5.41) is 9.63. The van der Waals surface area contributed by atoms with Crippen molar-refractivity contribution in [1.29, 1.82) is 0 Å². The van der Waals surface area contributed by atoms with Gasteiger partial charge in [0.2, 0.25) is 0 Å². The summed E-state index contributed by atoms with van der Waals surface area (Å²) in [5.74, 6) is 1.83. The molecule has 0 saturated carbocycles. The molecule has 2 rings (SSSR count). The Labute approximate surface area is 147 Å². The zero-order valence-electron chi connectivity index (χ0n) is 14.4. The van der Waals surface area contributed by atoms with Crippen LogP contribution in [0.4, 0.5) is 0 Å². The van der Waals surface area contributed by atoms with Gasteiger partial charge in [0.05, 0.1) is 0 Å². The van der Waals surface area contributed by atoms with Crippen LogP contribution in [0.1, 0.15) is 36.2 Å². The minimum absolute atomic E-state index is 0.566. The predicted molar refractivity (Wildman–Crippen MR) is 96.3 cm³/mol. The summed E-state index contributed by atoms with van der Waals surface area (Å²) in [7, 11) is 1.71. The fourth-order valence-electron chi connectivity index (χ4n) is 2.50. The van der Waals surface area contributed by atoms with E-state index >= 15 is 0 Å². The van der Waals surface area contributed by atoms with Crippen molar-refractivity contribution < 1.29 is 9.53 Å². The lowest BCUT2D eigenvalue weighted by molar-refractivity contribution is -0.107. The van der Waals surface area contributed by atoms with Crippen LogP contribution in [-0.2, 0) is 28.2 Å². The van der Waals surface area contributed by atoms with Gasteiger partial charge in [-0.15, -0.1) is 10.2 Å². The lowest BCUT2D eigenvalue weighted by Gasteiger charge is -2.10. The molecule has 0 amide bonds. The zero-order chi connectivity index (χ0) is 17.2. The Balaban J connectivity index is 2.04. The van der Waals surface area contributed by atoms with Crippen LogP contribution in [-0.4, -0.2) is 34.8 Å². The molecule has 130 valence electrons. The SMILES string of the molecule is COCCCn1c(CCCC=O)nnc1SCc1cccc(C)c1. The molecule has 0 aliphatic carbocycles. The first-order chi connectivity index (χ1) is 11.7. The highest BCUT2D eigenvalue weighted by atomic mass is 32.2. The highest BCUT2D eigenvalue weighted by Gasteiger charge is 2.12. The highest BCUT2D eigenvalue weighted by Crippen LogP contribution is 2.23. The van der Waals surface area contributed by atoms with Crippen LogP contribution < -0.4 is 0 Å². The van der Waals surface area contributed by atoms with Crippen LogP contribution in [0.5, 0.6) is 0 Å². The van der Waals surface area contributed by atoms with Crippen molar-refractivity contribution in [1.82, 2.24) is 14.8 Å². The number of ether oxygens (including phenoxy) is 1. The third-order valence-electron chi connectivity index (χ3n) is 3.70. The number of rotatable bonds is 11. The number of carbonyl (C=O) groups excluding carboxylic acids is 1. The van der Waals surface area contributed by atoms with Crippen LogP contribution in [0.3, 0.4) is 0 Å². The molecular formula is C18H25N3O2S. The molecule has 5 nitrogen and oxygen atoms in total. The second kappa shape index (κ2) is 10.3. The van der Waals surface area contributed by atoms with Crippen molar-refractivity contribution >= 4 is 18.0 Å². The summed E-state index contributed by atoms with van der Waals surface area (Å²) in [5.41, 5.74) is 2.55. The number of methoxy groups -OCH3 is 1. The fourth-order valence-corrected chi connectivity index (χ4v) is 3.42. The Kier molecular flexibility index (Phi) is 7.98. The van der Waals surface area contributed by atoms with Crippen LogP contribution in [0.25, 0.3) is 0 Å². The van der Waals surface area contributed by atoms with Gasteiger partial charge in [0.1, 0.15) is 12.1 Å². The standard InChI is InChI=1S/C18H25N3O2S/c1-15-7-5-8-16(13-15)14-24-18-20-19-17(9-3-4-11-22)21(18)10-6-12-23-2/h5,7-8,11,13H,3-4,6,9-10,12,14H2,1-2H3. The number of hydrogen-bond donors (Lipinski definition) is 0. The maximum absolute atomic E-state index is 10.5. The molecule has 6 heteroatoms. The van der Waals surface area contributed by atoms with Crippen LogP contribution in [0.15, 0.2) is 29.4 Å². The van der Waals surface area contributed by atoms with Crippen molar-refractivity contribution in [3.05, 3.63) is 41.2 Å². The first-order valence-corrected chi connectivity index (χ1v) is 9.26. The Morgan fingerprint density at radius 3 is 2.92 bits per heavy atom. The van der Waals surface area contributed by atoms with Crippen molar-refractivity contribution in [2.75, 3.05) is 13.7 Å². The number of thioether (sulfide) groups is 1. The molecule has 1 heterocycles. The third kappa shape index (κ3) is 5.76. The van der Waals surface area contributed by atoms with Gasteiger partial charge >= 0.3 is 0 Å². The number of aldehydes is 1. The molecule has 0 radical (unpaired) electrons. The molecule has 0 unspecified atom stereocenters. The molecule has 1 aromatic heterocycles. The van der Waals surface area contributed by atoms with Crippen molar-refractivity contribution in [3.8, 4) is 0 Å². The molecule has 0 saturated heterocycles. The van der Waals surface area contributed by atoms with Gasteiger partial charge in [-0.05, 0) is 25.3 Å². The second-order valence-corrected chi connectivity index (χ2v) is 6.68.